The van der Waals surface area contributed by atoms with Crippen molar-refractivity contribution in [1.29, 1.82) is 0 Å². The van der Waals surface area contributed by atoms with Gasteiger partial charge in [-0.05, 0) is 34.5 Å². The molecular formula is C15H11FOS. The first kappa shape index (κ1) is 11.4. The minimum atomic E-state index is -0.707. The van der Waals surface area contributed by atoms with Crippen molar-refractivity contribution in [3.05, 3.63) is 70.9 Å². The van der Waals surface area contributed by atoms with Crippen LogP contribution < -0.4 is 0 Å². The molecule has 18 heavy (non-hydrogen) atoms. The highest BCUT2D eigenvalue weighted by Gasteiger charge is 2.14. The quantitative estimate of drug-likeness (QED) is 0.733. The smallest absolute Gasteiger partial charge is 0.123 e. The van der Waals surface area contributed by atoms with E-state index in [9.17, 15) is 9.50 Å². The molecule has 0 saturated carbocycles. The van der Waals surface area contributed by atoms with Gasteiger partial charge in [-0.3, -0.25) is 0 Å². The zero-order chi connectivity index (χ0) is 12.5. The van der Waals surface area contributed by atoms with Gasteiger partial charge in [0, 0.05) is 10.3 Å². The highest BCUT2D eigenvalue weighted by atomic mass is 32.1. The van der Waals surface area contributed by atoms with Crippen LogP contribution in [0.2, 0.25) is 0 Å². The van der Waals surface area contributed by atoms with Crippen molar-refractivity contribution in [3.8, 4) is 0 Å². The van der Waals surface area contributed by atoms with Crippen molar-refractivity contribution < 1.29 is 9.50 Å². The molecule has 0 aliphatic carbocycles. The second-order valence-electron chi connectivity index (χ2n) is 4.14. The molecule has 1 nitrogen and oxygen atoms in total. The van der Waals surface area contributed by atoms with Crippen molar-refractivity contribution in [3.63, 3.8) is 0 Å². The number of aliphatic hydroxyl groups is 1. The van der Waals surface area contributed by atoms with Gasteiger partial charge in [-0.2, -0.15) is 0 Å². The zero-order valence-electron chi connectivity index (χ0n) is 9.51. The Morgan fingerprint density at radius 3 is 2.50 bits per heavy atom. The van der Waals surface area contributed by atoms with Crippen LogP contribution in [0.1, 0.15) is 17.2 Å². The van der Waals surface area contributed by atoms with Crippen molar-refractivity contribution in [2.75, 3.05) is 0 Å². The number of halogens is 1. The zero-order valence-corrected chi connectivity index (χ0v) is 10.3. The highest BCUT2D eigenvalue weighted by molar-refractivity contribution is 7.17. The van der Waals surface area contributed by atoms with E-state index in [4.69, 9.17) is 0 Å². The molecule has 1 N–H and O–H groups in total. The lowest BCUT2D eigenvalue weighted by Gasteiger charge is -2.10. The molecule has 0 spiro atoms. The predicted molar refractivity (Wildman–Crippen MR) is 72.3 cm³/mol. The molecule has 0 bridgehead atoms. The summed E-state index contributed by atoms with van der Waals surface area (Å²) in [5.41, 5.74) is 1.59. The molecule has 0 saturated heterocycles. The lowest BCUT2D eigenvalue weighted by molar-refractivity contribution is 0.222. The molecule has 0 fully saturated rings. The summed E-state index contributed by atoms with van der Waals surface area (Å²) >= 11 is 1.61. The molecule has 1 atom stereocenters. The minimum absolute atomic E-state index is 0.291. The second kappa shape index (κ2) is 4.52. The van der Waals surface area contributed by atoms with Crippen LogP contribution in [0.15, 0.2) is 53.9 Å². The monoisotopic (exact) mass is 258 g/mol. The Hall–Kier alpha value is -1.71. The van der Waals surface area contributed by atoms with Crippen LogP contribution in [0.4, 0.5) is 4.39 Å². The van der Waals surface area contributed by atoms with E-state index < -0.39 is 6.10 Å². The summed E-state index contributed by atoms with van der Waals surface area (Å²) in [6, 6.07) is 13.9. The van der Waals surface area contributed by atoms with Gasteiger partial charge in [0.25, 0.3) is 0 Å². The van der Waals surface area contributed by atoms with Gasteiger partial charge in [0.2, 0.25) is 0 Å². The number of benzene rings is 2. The molecule has 0 radical (unpaired) electrons. The molecule has 1 aromatic heterocycles. The molecule has 0 aliphatic rings. The maximum absolute atomic E-state index is 12.9. The number of rotatable bonds is 2. The van der Waals surface area contributed by atoms with E-state index in [1.165, 1.54) is 12.1 Å². The summed E-state index contributed by atoms with van der Waals surface area (Å²) in [6.07, 6.45) is -0.707. The fourth-order valence-electron chi connectivity index (χ4n) is 2.03. The molecule has 3 heteroatoms. The molecule has 1 unspecified atom stereocenters. The van der Waals surface area contributed by atoms with Crippen LogP contribution in [-0.2, 0) is 0 Å². The third kappa shape index (κ3) is 1.92. The highest BCUT2D eigenvalue weighted by Crippen LogP contribution is 2.33. The molecule has 3 aromatic rings. The third-order valence-corrected chi connectivity index (χ3v) is 3.97. The summed E-state index contributed by atoms with van der Waals surface area (Å²) in [5, 5.41) is 13.4. The summed E-state index contributed by atoms with van der Waals surface area (Å²) in [5.74, 6) is -0.291. The lowest BCUT2D eigenvalue weighted by atomic mass is 10.0. The van der Waals surface area contributed by atoms with Crippen molar-refractivity contribution in [1.82, 2.24) is 0 Å². The van der Waals surface area contributed by atoms with Gasteiger partial charge in [-0.15, -0.1) is 11.3 Å². The van der Waals surface area contributed by atoms with E-state index in [1.54, 1.807) is 23.5 Å². The molecular weight excluding hydrogens is 247 g/mol. The first-order valence-corrected chi connectivity index (χ1v) is 6.53. The van der Waals surface area contributed by atoms with Gasteiger partial charge in [0.15, 0.2) is 0 Å². The molecule has 1 heterocycles. The number of aliphatic hydroxyl groups excluding tert-OH is 1. The van der Waals surface area contributed by atoms with Crippen LogP contribution in [0.25, 0.3) is 10.1 Å². The number of thiophene rings is 1. The molecule has 2 aromatic carbocycles. The maximum atomic E-state index is 12.9. The first-order chi connectivity index (χ1) is 8.75. The SMILES string of the molecule is OC(c1ccc(F)cc1)c1csc2ccccc12. The van der Waals surface area contributed by atoms with E-state index in [1.807, 2.05) is 29.6 Å². The predicted octanol–water partition coefficient (Wildman–Crippen LogP) is 4.12. The van der Waals surface area contributed by atoms with E-state index in [0.717, 1.165) is 15.6 Å². The van der Waals surface area contributed by atoms with E-state index >= 15 is 0 Å². The van der Waals surface area contributed by atoms with Crippen LogP contribution in [-0.4, -0.2) is 5.11 Å². The van der Waals surface area contributed by atoms with Gasteiger partial charge in [-0.1, -0.05) is 30.3 Å². The van der Waals surface area contributed by atoms with Gasteiger partial charge in [0.1, 0.15) is 11.9 Å². The summed E-state index contributed by atoms with van der Waals surface area (Å²) < 4.78 is 14.0. The number of hydrogen-bond donors (Lipinski definition) is 1. The minimum Gasteiger partial charge on any atom is -0.384 e. The van der Waals surface area contributed by atoms with E-state index in [2.05, 4.69) is 0 Å². The van der Waals surface area contributed by atoms with Gasteiger partial charge >= 0.3 is 0 Å². The summed E-state index contributed by atoms with van der Waals surface area (Å²) in [7, 11) is 0. The second-order valence-corrected chi connectivity index (χ2v) is 5.05. The molecule has 0 aliphatic heterocycles. The lowest BCUT2D eigenvalue weighted by Crippen LogP contribution is -1.98. The average Bonchev–Trinajstić information content (AvgIpc) is 2.82. The normalized spacial score (nSPS) is 12.8. The molecule has 90 valence electrons. The standard InChI is InChI=1S/C15H11FOS/c16-11-7-5-10(6-8-11)15(17)13-9-18-14-4-2-1-3-12(13)14/h1-9,15,17H. The summed E-state index contributed by atoms with van der Waals surface area (Å²) in [6.45, 7) is 0. The summed E-state index contributed by atoms with van der Waals surface area (Å²) in [4.78, 5) is 0. The van der Waals surface area contributed by atoms with E-state index in [-0.39, 0.29) is 5.82 Å². The maximum Gasteiger partial charge on any atom is 0.123 e. The van der Waals surface area contributed by atoms with Crippen LogP contribution in [0.3, 0.4) is 0 Å². The van der Waals surface area contributed by atoms with Gasteiger partial charge < -0.3 is 5.11 Å². The fourth-order valence-corrected chi connectivity index (χ4v) is 3.01. The third-order valence-electron chi connectivity index (χ3n) is 2.99. The van der Waals surface area contributed by atoms with Crippen LogP contribution >= 0.6 is 11.3 Å². The average molecular weight is 258 g/mol. The van der Waals surface area contributed by atoms with Crippen molar-refractivity contribution in [2.24, 2.45) is 0 Å². The topological polar surface area (TPSA) is 20.2 Å². The van der Waals surface area contributed by atoms with Crippen molar-refractivity contribution in [2.45, 2.75) is 6.10 Å². The van der Waals surface area contributed by atoms with Crippen LogP contribution in [0, 0.1) is 5.82 Å². The Balaban J connectivity index is 2.06. The molecule has 3 rings (SSSR count). The van der Waals surface area contributed by atoms with Crippen LogP contribution in [0.5, 0.6) is 0 Å². The Labute approximate surface area is 108 Å². The number of hydrogen-bond acceptors (Lipinski definition) is 2. The number of fused-ring (bicyclic) bond motifs is 1. The van der Waals surface area contributed by atoms with Gasteiger partial charge in [0.05, 0.1) is 0 Å². The Bertz CT molecular complexity index is 672. The Morgan fingerprint density at radius 2 is 1.72 bits per heavy atom. The Kier molecular flexibility index (Phi) is 2.86. The van der Waals surface area contributed by atoms with Gasteiger partial charge in [-0.25, -0.2) is 4.39 Å². The largest absolute Gasteiger partial charge is 0.384 e. The first-order valence-electron chi connectivity index (χ1n) is 5.65. The van der Waals surface area contributed by atoms with E-state index in [0.29, 0.717) is 5.56 Å². The Morgan fingerprint density at radius 1 is 1.00 bits per heavy atom. The molecule has 0 amide bonds. The fraction of sp³-hybridized carbons (Fsp3) is 0.0667. The van der Waals surface area contributed by atoms with Crippen molar-refractivity contribution >= 4 is 21.4 Å².